The first-order chi connectivity index (χ1) is 8.58. The highest BCUT2D eigenvalue weighted by Crippen LogP contribution is 2.22. The van der Waals surface area contributed by atoms with Crippen molar-refractivity contribution in [2.45, 2.75) is 13.0 Å². The van der Waals surface area contributed by atoms with Crippen molar-refractivity contribution in [2.75, 3.05) is 32.6 Å². The highest BCUT2D eigenvalue weighted by molar-refractivity contribution is 5.93. The number of anilines is 1. The number of nitrogens with two attached hydrogens (primary N) is 1. The number of hydrogen-bond acceptors (Lipinski definition) is 4. The van der Waals surface area contributed by atoms with Crippen molar-refractivity contribution in [3.63, 3.8) is 0 Å². The third-order valence-corrected chi connectivity index (χ3v) is 2.87. The van der Waals surface area contributed by atoms with Gasteiger partial charge in [0, 0.05) is 12.6 Å². The highest BCUT2D eigenvalue weighted by atomic mass is 35.5. The van der Waals surface area contributed by atoms with E-state index in [4.69, 9.17) is 10.5 Å². The molecule has 1 atom stereocenters. The topological polar surface area (TPSA) is 67.6 Å². The summed E-state index contributed by atoms with van der Waals surface area (Å²) in [5.41, 5.74) is 6.23. The third kappa shape index (κ3) is 5.46. The number of halogens is 1. The quantitative estimate of drug-likeness (QED) is 0.828. The Morgan fingerprint density at radius 1 is 1.47 bits per heavy atom. The van der Waals surface area contributed by atoms with Crippen LogP contribution in [0.5, 0.6) is 5.75 Å². The average molecular weight is 288 g/mol. The summed E-state index contributed by atoms with van der Waals surface area (Å²) in [5.74, 6) is 0.572. The van der Waals surface area contributed by atoms with Crippen LogP contribution in [0.1, 0.15) is 6.92 Å². The molecule has 1 aromatic rings. The van der Waals surface area contributed by atoms with Gasteiger partial charge in [0.2, 0.25) is 5.91 Å². The zero-order chi connectivity index (χ0) is 13.5. The predicted molar refractivity (Wildman–Crippen MR) is 80.0 cm³/mol. The van der Waals surface area contributed by atoms with Crippen LogP contribution in [-0.2, 0) is 4.79 Å². The van der Waals surface area contributed by atoms with E-state index in [1.54, 1.807) is 7.11 Å². The molecule has 0 saturated heterocycles. The maximum Gasteiger partial charge on any atom is 0.238 e. The van der Waals surface area contributed by atoms with Gasteiger partial charge in [-0.1, -0.05) is 12.1 Å². The molecule has 0 aliphatic carbocycles. The number of methoxy groups -OCH3 is 1. The number of carbonyl (C=O) groups excluding carboxylic acids is 1. The Morgan fingerprint density at radius 3 is 2.68 bits per heavy atom. The number of carbonyl (C=O) groups is 1. The maximum absolute atomic E-state index is 11.9. The Bertz CT molecular complexity index is 401. The van der Waals surface area contributed by atoms with Crippen molar-refractivity contribution >= 4 is 24.0 Å². The number of nitrogens with one attached hydrogen (secondary N) is 1. The molecule has 0 radical (unpaired) electrons. The van der Waals surface area contributed by atoms with Gasteiger partial charge in [-0.25, -0.2) is 0 Å². The van der Waals surface area contributed by atoms with Crippen LogP contribution in [0.15, 0.2) is 24.3 Å². The van der Waals surface area contributed by atoms with Crippen LogP contribution in [-0.4, -0.2) is 44.1 Å². The number of rotatable bonds is 6. The molecule has 1 unspecified atom stereocenters. The summed E-state index contributed by atoms with van der Waals surface area (Å²) in [5, 5.41) is 2.82. The van der Waals surface area contributed by atoms with Crippen molar-refractivity contribution in [3.8, 4) is 5.75 Å². The first-order valence-electron chi connectivity index (χ1n) is 5.91. The molecule has 19 heavy (non-hydrogen) atoms. The van der Waals surface area contributed by atoms with Gasteiger partial charge in [-0.15, -0.1) is 12.4 Å². The fourth-order valence-electron chi connectivity index (χ4n) is 1.50. The lowest BCUT2D eigenvalue weighted by Gasteiger charge is -2.22. The third-order valence-electron chi connectivity index (χ3n) is 2.87. The number of nitrogens with zero attached hydrogens (tertiary/aromatic N) is 1. The minimum absolute atomic E-state index is 0. The first-order valence-corrected chi connectivity index (χ1v) is 5.91. The number of hydrogen-bond donors (Lipinski definition) is 2. The van der Waals surface area contributed by atoms with Crippen LogP contribution in [0.4, 0.5) is 5.69 Å². The van der Waals surface area contributed by atoms with Crippen LogP contribution < -0.4 is 15.8 Å². The molecule has 5 nitrogen and oxygen atoms in total. The van der Waals surface area contributed by atoms with Gasteiger partial charge < -0.3 is 15.8 Å². The number of likely N-dealkylation sites (N-methyl/N-ethyl adjacent to an activating group) is 1. The number of benzene rings is 1. The Kier molecular flexibility index (Phi) is 8.14. The summed E-state index contributed by atoms with van der Waals surface area (Å²) in [6, 6.07) is 7.50. The molecule has 1 aromatic carbocycles. The second-order valence-electron chi connectivity index (χ2n) is 4.25. The number of amides is 1. The standard InChI is InChI=1S/C13H21N3O2.ClH/c1-10(8-14)16(2)9-13(17)15-11-6-4-5-7-12(11)18-3;/h4-7,10H,8-9,14H2,1-3H3,(H,15,17);1H. The highest BCUT2D eigenvalue weighted by Gasteiger charge is 2.13. The molecular formula is C13H22ClN3O2. The predicted octanol–water partition coefficient (Wildman–Crippen LogP) is 1.33. The van der Waals surface area contributed by atoms with Crippen LogP contribution in [0.3, 0.4) is 0 Å². The lowest BCUT2D eigenvalue weighted by Crippen LogP contribution is -2.40. The molecule has 0 spiro atoms. The van der Waals surface area contributed by atoms with Crippen LogP contribution in [0.2, 0.25) is 0 Å². The molecule has 0 aliphatic rings. The van der Waals surface area contributed by atoms with Crippen LogP contribution in [0, 0.1) is 0 Å². The summed E-state index contributed by atoms with van der Waals surface area (Å²) in [7, 11) is 3.45. The van der Waals surface area contributed by atoms with Gasteiger partial charge in [-0.05, 0) is 26.1 Å². The molecule has 108 valence electrons. The summed E-state index contributed by atoms with van der Waals surface area (Å²) in [6.45, 7) is 2.81. The van der Waals surface area contributed by atoms with Gasteiger partial charge in [0.1, 0.15) is 5.75 Å². The minimum Gasteiger partial charge on any atom is -0.495 e. The van der Waals surface area contributed by atoms with E-state index in [0.29, 0.717) is 24.5 Å². The van der Waals surface area contributed by atoms with E-state index in [-0.39, 0.29) is 24.4 Å². The van der Waals surface area contributed by atoms with Gasteiger partial charge >= 0.3 is 0 Å². The van der Waals surface area contributed by atoms with Crippen LogP contribution >= 0.6 is 12.4 Å². The molecule has 0 fully saturated rings. The monoisotopic (exact) mass is 287 g/mol. The van der Waals surface area contributed by atoms with Crippen LogP contribution in [0.25, 0.3) is 0 Å². The molecule has 0 heterocycles. The van der Waals surface area contributed by atoms with Gasteiger partial charge in [0.25, 0.3) is 0 Å². The van der Waals surface area contributed by atoms with Crippen molar-refractivity contribution in [3.05, 3.63) is 24.3 Å². The molecule has 3 N–H and O–H groups in total. The van der Waals surface area contributed by atoms with Crippen molar-refractivity contribution in [2.24, 2.45) is 5.73 Å². The summed E-state index contributed by atoms with van der Waals surface area (Å²) in [6.07, 6.45) is 0. The molecular weight excluding hydrogens is 266 g/mol. The van der Waals surface area contributed by atoms with Crippen molar-refractivity contribution in [1.29, 1.82) is 0 Å². The fourth-order valence-corrected chi connectivity index (χ4v) is 1.50. The first kappa shape index (κ1) is 17.7. The Morgan fingerprint density at radius 2 is 2.11 bits per heavy atom. The van der Waals surface area contributed by atoms with Gasteiger partial charge in [0.15, 0.2) is 0 Å². The molecule has 1 rings (SSSR count). The zero-order valence-corrected chi connectivity index (χ0v) is 12.4. The summed E-state index contributed by atoms with van der Waals surface area (Å²) in [4.78, 5) is 13.8. The Labute approximate surface area is 120 Å². The largest absolute Gasteiger partial charge is 0.495 e. The maximum atomic E-state index is 11.9. The molecule has 0 aliphatic heterocycles. The molecule has 0 aromatic heterocycles. The Hall–Kier alpha value is -1.30. The molecule has 0 saturated carbocycles. The van der Waals surface area contributed by atoms with Crippen molar-refractivity contribution < 1.29 is 9.53 Å². The fraction of sp³-hybridized carbons (Fsp3) is 0.462. The molecule has 1 amide bonds. The summed E-state index contributed by atoms with van der Waals surface area (Å²) >= 11 is 0. The van der Waals surface area contributed by atoms with Gasteiger partial charge in [-0.3, -0.25) is 9.69 Å². The van der Waals surface area contributed by atoms with E-state index >= 15 is 0 Å². The average Bonchev–Trinajstić information content (AvgIpc) is 2.38. The lowest BCUT2D eigenvalue weighted by atomic mass is 10.2. The normalized spacial score (nSPS) is 11.6. The van der Waals surface area contributed by atoms with E-state index in [0.717, 1.165) is 0 Å². The molecule has 6 heteroatoms. The lowest BCUT2D eigenvalue weighted by molar-refractivity contribution is -0.117. The van der Waals surface area contributed by atoms with Gasteiger partial charge in [-0.2, -0.15) is 0 Å². The van der Waals surface area contributed by atoms with Crippen molar-refractivity contribution in [1.82, 2.24) is 4.90 Å². The van der Waals surface area contributed by atoms with E-state index in [9.17, 15) is 4.79 Å². The zero-order valence-electron chi connectivity index (χ0n) is 11.6. The van der Waals surface area contributed by atoms with E-state index in [2.05, 4.69) is 5.32 Å². The summed E-state index contributed by atoms with van der Waals surface area (Å²) < 4.78 is 5.17. The smallest absolute Gasteiger partial charge is 0.238 e. The van der Waals surface area contributed by atoms with E-state index < -0.39 is 0 Å². The minimum atomic E-state index is -0.0812. The second kappa shape index (κ2) is 8.74. The van der Waals surface area contributed by atoms with E-state index in [1.807, 2.05) is 43.1 Å². The van der Waals surface area contributed by atoms with E-state index in [1.165, 1.54) is 0 Å². The van der Waals surface area contributed by atoms with Gasteiger partial charge in [0.05, 0.1) is 19.3 Å². The SMILES string of the molecule is COc1ccccc1NC(=O)CN(C)C(C)CN.Cl. The Balaban J connectivity index is 0.00000324. The number of ether oxygens (including phenoxy) is 1. The second-order valence-corrected chi connectivity index (χ2v) is 4.25. The molecule has 0 bridgehead atoms. The number of para-hydroxylation sites is 2.